The van der Waals surface area contributed by atoms with Crippen molar-refractivity contribution in [3.63, 3.8) is 0 Å². The van der Waals surface area contributed by atoms with Gasteiger partial charge in [0.2, 0.25) is 0 Å². The Morgan fingerprint density at radius 2 is 1.70 bits per heavy atom. The van der Waals surface area contributed by atoms with E-state index in [9.17, 15) is 22.4 Å². The van der Waals surface area contributed by atoms with Crippen LogP contribution in [0.25, 0.3) is 17.1 Å². The Bertz CT molecular complexity index is 1280. The van der Waals surface area contributed by atoms with Gasteiger partial charge in [-0.3, -0.25) is 4.79 Å². The molecule has 0 radical (unpaired) electrons. The number of carbonyl (C=O) groups excluding carboxylic acids is 1. The van der Waals surface area contributed by atoms with Crippen LogP contribution < -0.4 is 10.1 Å². The summed E-state index contributed by atoms with van der Waals surface area (Å²) < 4.78 is 58.3. The van der Waals surface area contributed by atoms with E-state index in [2.05, 4.69) is 15.4 Å². The lowest BCUT2D eigenvalue weighted by atomic mass is 10.1. The van der Waals surface area contributed by atoms with Gasteiger partial charge < -0.3 is 10.1 Å². The minimum Gasteiger partial charge on any atom is -0.466 e. The number of methoxy groups -OCH3 is 1. The second kappa shape index (κ2) is 8.73. The summed E-state index contributed by atoms with van der Waals surface area (Å²) in [5.74, 6) is -0.640. The predicted octanol–water partition coefficient (Wildman–Crippen LogP) is 5.35. The fourth-order valence-corrected chi connectivity index (χ4v) is 3.07. The van der Waals surface area contributed by atoms with Gasteiger partial charge in [-0.2, -0.15) is 18.2 Å². The Balaban J connectivity index is 1.66. The van der Waals surface area contributed by atoms with Crippen molar-refractivity contribution in [1.29, 1.82) is 0 Å². The number of aromatic nitrogens is 3. The van der Waals surface area contributed by atoms with E-state index < -0.39 is 23.5 Å². The molecular weight excluding hydrogens is 440 g/mol. The van der Waals surface area contributed by atoms with E-state index in [1.54, 1.807) is 24.3 Å². The molecule has 0 saturated carbocycles. The summed E-state index contributed by atoms with van der Waals surface area (Å²) in [5.41, 5.74) is 0.788. The number of hydrogen-bond acceptors (Lipinski definition) is 4. The third-order valence-corrected chi connectivity index (χ3v) is 4.70. The quantitative estimate of drug-likeness (QED) is 0.411. The molecule has 4 aromatic rings. The van der Waals surface area contributed by atoms with Crippen molar-refractivity contribution in [3.05, 3.63) is 89.7 Å². The molecule has 0 bridgehead atoms. The highest BCUT2D eigenvalue weighted by atomic mass is 19.4. The molecule has 1 amide bonds. The van der Waals surface area contributed by atoms with Crippen molar-refractivity contribution < 1.29 is 27.1 Å². The first kappa shape index (κ1) is 22.0. The zero-order chi connectivity index (χ0) is 23.6. The van der Waals surface area contributed by atoms with Crippen LogP contribution in [-0.2, 0) is 6.18 Å². The summed E-state index contributed by atoms with van der Waals surface area (Å²) in [7, 11) is 1.37. The number of nitrogens with one attached hydrogen (secondary N) is 1. The molecule has 1 heterocycles. The van der Waals surface area contributed by atoms with Crippen molar-refractivity contribution in [2.75, 3.05) is 12.4 Å². The Labute approximate surface area is 185 Å². The van der Waals surface area contributed by atoms with Crippen LogP contribution in [0.1, 0.15) is 15.9 Å². The van der Waals surface area contributed by atoms with Gasteiger partial charge in [-0.05, 0) is 54.6 Å². The molecule has 4 rings (SSSR count). The molecule has 6 nitrogen and oxygen atoms in total. The molecule has 0 unspecified atom stereocenters. The minimum absolute atomic E-state index is 0.0191. The summed E-state index contributed by atoms with van der Waals surface area (Å²) >= 11 is 0. The molecule has 0 saturated heterocycles. The van der Waals surface area contributed by atoms with Crippen LogP contribution in [0.4, 0.5) is 23.2 Å². The number of alkyl halides is 3. The molecule has 1 N–H and O–H groups in total. The first-order chi connectivity index (χ1) is 15.7. The summed E-state index contributed by atoms with van der Waals surface area (Å²) in [4.78, 5) is 16.7. The number of rotatable bonds is 5. The monoisotopic (exact) mass is 456 g/mol. The smallest absolute Gasteiger partial charge is 0.416 e. The van der Waals surface area contributed by atoms with E-state index in [-0.39, 0.29) is 17.4 Å². The maximum Gasteiger partial charge on any atom is 0.416 e. The van der Waals surface area contributed by atoms with Gasteiger partial charge in [-0.25, -0.2) is 9.07 Å². The van der Waals surface area contributed by atoms with Crippen molar-refractivity contribution in [2.24, 2.45) is 0 Å². The van der Waals surface area contributed by atoms with Crippen LogP contribution in [0, 0.1) is 5.82 Å². The zero-order valence-corrected chi connectivity index (χ0v) is 17.1. The number of amides is 1. The Morgan fingerprint density at radius 1 is 1.00 bits per heavy atom. The first-order valence-electron chi connectivity index (χ1n) is 9.60. The number of hydrogen-bond donors (Lipinski definition) is 1. The summed E-state index contributed by atoms with van der Waals surface area (Å²) in [5, 5.41) is 6.95. The van der Waals surface area contributed by atoms with Gasteiger partial charge in [0.05, 0.1) is 18.4 Å². The van der Waals surface area contributed by atoms with Gasteiger partial charge in [0.1, 0.15) is 5.82 Å². The molecule has 0 atom stereocenters. The molecule has 0 aliphatic rings. The maximum absolute atomic E-state index is 13.1. The lowest BCUT2D eigenvalue weighted by molar-refractivity contribution is -0.137. The SMILES string of the molecule is COc1nc(-c2ccc(C(F)(F)F)cc2)n(-c2cccc(NC(=O)c3ccc(F)cc3)c2)n1. The Hall–Kier alpha value is -4.21. The van der Waals surface area contributed by atoms with Crippen LogP contribution in [-0.4, -0.2) is 27.8 Å². The van der Waals surface area contributed by atoms with Crippen LogP contribution in [0.5, 0.6) is 6.01 Å². The highest BCUT2D eigenvalue weighted by molar-refractivity contribution is 6.04. The molecule has 0 aliphatic carbocycles. The molecule has 0 aliphatic heterocycles. The number of benzene rings is 3. The number of anilines is 1. The lowest BCUT2D eigenvalue weighted by Gasteiger charge is -2.10. The molecule has 33 heavy (non-hydrogen) atoms. The number of ether oxygens (including phenoxy) is 1. The fourth-order valence-electron chi connectivity index (χ4n) is 3.07. The van der Waals surface area contributed by atoms with Gasteiger partial charge in [0.25, 0.3) is 5.91 Å². The van der Waals surface area contributed by atoms with Crippen LogP contribution in [0.15, 0.2) is 72.8 Å². The zero-order valence-electron chi connectivity index (χ0n) is 17.1. The Morgan fingerprint density at radius 3 is 2.33 bits per heavy atom. The van der Waals surface area contributed by atoms with Crippen LogP contribution in [0.3, 0.4) is 0 Å². The molecule has 10 heteroatoms. The highest BCUT2D eigenvalue weighted by Crippen LogP contribution is 2.31. The standard InChI is InChI=1S/C23H16F4N4O2/c1-33-22-29-20(14-5-9-16(10-6-14)23(25,26)27)31(30-22)19-4-2-3-18(13-19)28-21(32)15-7-11-17(24)12-8-15/h2-13H,1H3,(H,28,32). The Kier molecular flexibility index (Phi) is 5.82. The molecule has 0 fully saturated rings. The molecule has 168 valence electrons. The second-order valence-corrected chi connectivity index (χ2v) is 6.92. The van der Waals surface area contributed by atoms with Crippen LogP contribution >= 0.6 is 0 Å². The predicted molar refractivity (Wildman–Crippen MR) is 113 cm³/mol. The van der Waals surface area contributed by atoms with Crippen molar-refractivity contribution in [2.45, 2.75) is 6.18 Å². The van der Waals surface area contributed by atoms with Crippen molar-refractivity contribution >= 4 is 11.6 Å². The average Bonchev–Trinajstić information content (AvgIpc) is 3.24. The summed E-state index contributed by atoms with van der Waals surface area (Å²) in [6.45, 7) is 0. The van der Waals surface area contributed by atoms with Gasteiger partial charge in [-0.1, -0.05) is 18.2 Å². The topological polar surface area (TPSA) is 69.0 Å². The largest absolute Gasteiger partial charge is 0.466 e. The normalized spacial score (nSPS) is 11.3. The minimum atomic E-state index is -4.46. The molecule has 1 aromatic heterocycles. The van der Waals surface area contributed by atoms with E-state index in [0.717, 1.165) is 12.1 Å². The van der Waals surface area contributed by atoms with Crippen LogP contribution in [0.2, 0.25) is 0 Å². The molecule has 0 spiro atoms. The van der Waals surface area contributed by atoms with Gasteiger partial charge >= 0.3 is 12.2 Å². The van der Waals surface area contributed by atoms with Gasteiger partial charge in [0.15, 0.2) is 5.82 Å². The lowest BCUT2D eigenvalue weighted by Crippen LogP contribution is -2.12. The summed E-state index contributed by atoms with van der Waals surface area (Å²) in [6, 6.07) is 16.2. The fraction of sp³-hybridized carbons (Fsp3) is 0.0870. The van der Waals surface area contributed by atoms with Gasteiger partial charge in [-0.15, -0.1) is 5.10 Å². The maximum atomic E-state index is 13.1. The molecule has 3 aromatic carbocycles. The third-order valence-electron chi connectivity index (χ3n) is 4.70. The van der Waals surface area contributed by atoms with Gasteiger partial charge in [0, 0.05) is 16.8 Å². The van der Waals surface area contributed by atoms with E-state index >= 15 is 0 Å². The third kappa shape index (κ3) is 4.84. The van der Waals surface area contributed by atoms with E-state index in [4.69, 9.17) is 4.74 Å². The second-order valence-electron chi connectivity index (χ2n) is 6.92. The average molecular weight is 456 g/mol. The molecular formula is C23H16F4N4O2. The van der Waals surface area contributed by atoms with Crippen molar-refractivity contribution in [1.82, 2.24) is 14.8 Å². The number of carbonyl (C=O) groups is 1. The van der Waals surface area contributed by atoms with E-state index in [1.165, 1.54) is 48.2 Å². The van der Waals surface area contributed by atoms with E-state index in [0.29, 0.717) is 16.9 Å². The number of nitrogens with zero attached hydrogens (tertiary/aromatic N) is 3. The van der Waals surface area contributed by atoms with Crippen molar-refractivity contribution in [3.8, 4) is 23.1 Å². The highest BCUT2D eigenvalue weighted by Gasteiger charge is 2.30. The summed E-state index contributed by atoms with van der Waals surface area (Å²) in [6.07, 6.45) is -4.46. The number of halogens is 4. The van der Waals surface area contributed by atoms with E-state index in [1.807, 2.05) is 0 Å². The first-order valence-corrected chi connectivity index (χ1v) is 9.60.